The molecule has 1 nitrogen and oxygen atoms in total. The van der Waals surface area contributed by atoms with Gasteiger partial charge in [-0.1, -0.05) is 19.9 Å². The quantitative estimate of drug-likeness (QED) is 0.665. The molecule has 3 unspecified atom stereocenters. The van der Waals surface area contributed by atoms with Crippen molar-refractivity contribution in [3.05, 3.63) is 12.7 Å². The van der Waals surface area contributed by atoms with Gasteiger partial charge in [0.2, 0.25) is 0 Å². The van der Waals surface area contributed by atoms with Crippen LogP contribution in [0.1, 0.15) is 39.5 Å². The first-order valence-corrected chi connectivity index (χ1v) is 5.42. The fourth-order valence-electron chi connectivity index (χ4n) is 2.69. The molecule has 0 bridgehead atoms. The van der Waals surface area contributed by atoms with E-state index in [0.717, 1.165) is 18.3 Å². The van der Waals surface area contributed by atoms with Crippen molar-refractivity contribution in [3.63, 3.8) is 0 Å². The number of aliphatic hydroxyl groups is 1. The number of rotatable bonds is 3. The van der Waals surface area contributed by atoms with E-state index in [9.17, 15) is 5.11 Å². The van der Waals surface area contributed by atoms with Crippen LogP contribution in [-0.2, 0) is 0 Å². The molecule has 1 N–H and O–H groups in total. The van der Waals surface area contributed by atoms with Crippen molar-refractivity contribution in [1.29, 1.82) is 0 Å². The maximum absolute atomic E-state index is 9.84. The normalized spacial score (nSPS) is 37.0. The van der Waals surface area contributed by atoms with Gasteiger partial charge in [0.25, 0.3) is 0 Å². The van der Waals surface area contributed by atoms with Gasteiger partial charge in [0.05, 0.1) is 6.10 Å². The summed E-state index contributed by atoms with van der Waals surface area (Å²) in [6, 6.07) is 0. The molecule has 1 rings (SSSR count). The van der Waals surface area contributed by atoms with Crippen LogP contribution in [0.3, 0.4) is 0 Å². The third-order valence-corrected chi connectivity index (χ3v) is 3.17. The fourth-order valence-corrected chi connectivity index (χ4v) is 2.69. The van der Waals surface area contributed by atoms with Crippen LogP contribution in [0.15, 0.2) is 12.7 Å². The Hall–Kier alpha value is -0.300. The Bertz CT molecular complexity index is 155. The SMILES string of the molecule is C=CCC(O)C1CC(C)CC(C)C1. The molecule has 0 aromatic heterocycles. The van der Waals surface area contributed by atoms with E-state index in [1.54, 1.807) is 0 Å². The molecule has 1 fully saturated rings. The average Bonchev–Trinajstić information content (AvgIpc) is 2.03. The van der Waals surface area contributed by atoms with Gasteiger partial charge in [-0.3, -0.25) is 0 Å². The van der Waals surface area contributed by atoms with Crippen LogP contribution < -0.4 is 0 Å². The average molecular weight is 182 g/mol. The molecule has 0 aromatic rings. The second-order valence-electron chi connectivity index (χ2n) is 4.77. The number of hydrogen-bond donors (Lipinski definition) is 1. The lowest BCUT2D eigenvalue weighted by Crippen LogP contribution is -2.28. The smallest absolute Gasteiger partial charge is 0.0602 e. The predicted molar refractivity (Wildman–Crippen MR) is 56.5 cm³/mol. The van der Waals surface area contributed by atoms with Gasteiger partial charge in [0, 0.05) is 0 Å². The third-order valence-electron chi connectivity index (χ3n) is 3.17. The Morgan fingerprint density at radius 3 is 2.31 bits per heavy atom. The minimum Gasteiger partial charge on any atom is -0.393 e. The fraction of sp³-hybridized carbons (Fsp3) is 0.833. The predicted octanol–water partition coefficient (Wildman–Crippen LogP) is 3.00. The van der Waals surface area contributed by atoms with Gasteiger partial charge in [-0.2, -0.15) is 0 Å². The summed E-state index contributed by atoms with van der Waals surface area (Å²) >= 11 is 0. The number of hydrogen-bond acceptors (Lipinski definition) is 1. The lowest BCUT2D eigenvalue weighted by Gasteiger charge is -2.34. The number of aliphatic hydroxyl groups excluding tert-OH is 1. The van der Waals surface area contributed by atoms with Crippen molar-refractivity contribution in [3.8, 4) is 0 Å². The summed E-state index contributed by atoms with van der Waals surface area (Å²) in [5.41, 5.74) is 0. The van der Waals surface area contributed by atoms with E-state index in [1.165, 1.54) is 19.3 Å². The molecule has 0 radical (unpaired) electrons. The van der Waals surface area contributed by atoms with Crippen molar-refractivity contribution < 1.29 is 5.11 Å². The summed E-state index contributed by atoms with van der Waals surface area (Å²) in [4.78, 5) is 0. The molecule has 1 aliphatic rings. The first-order valence-electron chi connectivity index (χ1n) is 5.42. The van der Waals surface area contributed by atoms with Gasteiger partial charge < -0.3 is 5.11 Å². The highest BCUT2D eigenvalue weighted by molar-refractivity contribution is 4.83. The summed E-state index contributed by atoms with van der Waals surface area (Å²) in [5, 5.41) is 9.84. The standard InChI is InChI=1S/C12H22O/c1-4-5-12(13)11-7-9(2)6-10(3)8-11/h4,9-13H,1,5-8H2,2-3H3. The van der Waals surface area contributed by atoms with E-state index in [1.807, 2.05) is 6.08 Å². The summed E-state index contributed by atoms with van der Waals surface area (Å²) < 4.78 is 0. The van der Waals surface area contributed by atoms with E-state index < -0.39 is 0 Å². The molecule has 1 saturated carbocycles. The Labute approximate surface area is 81.9 Å². The molecule has 76 valence electrons. The van der Waals surface area contributed by atoms with Crippen molar-refractivity contribution >= 4 is 0 Å². The molecule has 0 aliphatic heterocycles. The van der Waals surface area contributed by atoms with Crippen LogP contribution >= 0.6 is 0 Å². The molecule has 13 heavy (non-hydrogen) atoms. The molecule has 3 atom stereocenters. The van der Waals surface area contributed by atoms with Crippen molar-refractivity contribution in [2.75, 3.05) is 0 Å². The molecule has 0 spiro atoms. The zero-order valence-electron chi connectivity index (χ0n) is 8.87. The molecular formula is C12H22O. The lowest BCUT2D eigenvalue weighted by atomic mass is 9.74. The van der Waals surface area contributed by atoms with Crippen molar-refractivity contribution in [2.45, 2.75) is 45.6 Å². The summed E-state index contributed by atoms with van der Waals surface area (Å²) in [7, 11) is 0. The van der Waals surface area contributed by atoms with E-state index in [2.05, 4.69) is 20.4 Å². The molecule has 1 aliphatic carbocycles. The van der Waals surface area contributed by atoms with Gasteiger partial charge >= 0.3 is 0 Å². The van der Waals surface area contributed by atoms with Gasteiger partial charge in [-0.15, -0.1) is 6.58 Å². The highest BCUT2D eigenvalue weighted by Gasteiger charge is 2.28. The molecule has 1 heteroatoms. The summed E-state index contributed by atoms with van der Waals surface area (Å²) in [5.74, 6) is 2.08. The second kappa shape index (κ2) is 4.80. The van der Waals surface area contributed by atoms with Crippen LogP contribution in [0.4, 0.5) is 0 Å². The monoisotopic (exact) mass is 182 g/mol. The highest BCUT2D eigenvalue weighted by Crippen LogP contribution is 2.35. The molecule has 0 aromatic carbocycles. The minimum absolute atomic E-state index is 0.150. The van der Waals surface area contributed by atoms with E-state index >= 15 is 0 Å². The summed E-state index contributed by atoms with van der Waals surface area (Å²) in [6.07, 6.45) is 6.15. The topological polar surface area (TPSA) is 20.2 Å². The van der Waals surface area contributed by atoms with Gasteiger partial charge in [0.1, 0.15) is 0 Å². The highest BCUT2D eigenvalue weighted by atomic mass is 16.3. The Morgan fingerprint density at radius 2 is 1.85 bits per heavy atom. The van der Waals surface area contributed by atoms with Crippen molar-refractivity contribution in [1.82, 2.24) is 0 Å². The largest absolute Gasteiger partial charge is 0.393 e. The first kappa shape index (κ1) is 10.8. The Balaban J connectivity index is 2.44. The van der Waals surface area contributed by atoms with Gasteiger partial charge in [0.15, 0.2) is 0 Å². The Kier molecular flexibility index (Phi) is 3.98. The minimum atomic E-state index is -0.150. The lowest BCUT2D eigenvalue weighted by molar-refractivity contribution is 0.0580. The maximum Gasteiger partial charge on any atom is 0.0602 e. The van der Waals surface area contributed by atoms with Gasteiger partial charge in [-0.25, -0.2) is 0 Å². The van der Waals surface area contributed by atoms with Crippen LogP contribution in [0.2, 0.25) is 0 Å². The second-order valence-corrected chi connectivity index (χ2v) is 4.77. The molecular weight excluding hydrogens is 160 g/mol. The first-order chi connectivity index (χ1) is 6.13. The maximum atomic E-state index is 9.84. The third kappa shape index (κ3) is 3.15. The van der Waals surface area contributed by atoms with Gasteiger partial charge in [-0.05, 0) is 43.4 Å². The van der Waals surface area contributed by atoms with Crippen LogP contribution in [0.25, 0.3) is 0 Å². The van der Waals surface area contributed by atoms with Crippen LogP contribution in [0, 0.1) is 17.8 Å². The molecule has 0 amide bonds. The van der Waals surface area contributed by atoms with E-state index in [-0.39, 0.29) is 6.10 Å². The van der Waals surface area contributed by atoms with Crippen LogP contribution in [-0.4, -0.2) is 11.2 Å². The Morgan fingerprint density at radius 1 is 1.31 bits per heavy atom. The van der Waals surface area contributed by atoms with Crippen LogP contribution in [0.5, 0.6) is 0 Å². The van der Waals surface area contributed by atoms with E-state index in [0.29, 0.717) is 5.92 Å². The summed E-state index contributed by atoms with van der Waals surface area (Å²) in [6.45, 7) is 8.26. The van der Waals surface area contributed by atoms with E-state index in [4.69, 9.17) is 0 Å². The zero-order chi connectivity index (χ0) is 9.84. The molecule has 0 heterocycles. The zero-order valence-corrected chi connectivity index (χ0v) is 8.87. The van der Waals surface area contributed by atoms with Crippen molar-refractivity contribution in [2.24, 2.45) is 17.8 Å². The molecule has 0 saturated heterocycles.